The molecule has 3 N–H and O–H groups in total. The van der Waals surface area contributed by atoms with Crippen LogP contribution in [-0.4, -0.2) is 119 Å². The lowest BCUT2D eigenvalue weighted by Crippen LogP contribution is -2.58. The van der Waals surface area contributed by atoms with E-state index in [0.29, 0.717) is 56.9 Å². The molecular formula is C50H77NO12. The van der Waals surface area contributed by atoms with Crippen LogP contribution in [0.1, 0.15) is 132 Å². The Morgan fingerprint density at radius 1 is 0.873 bits per heavy atom. The van der Waals surface area contributed by atoms with Crippen LogP contribution in [-0.2, 0) is 42.9 Å². The van der Waals surface area contributed by atoms with Gasteiger partial charge in [0.05, 0.1) is 18.3 Å². The maximum atomic E-state index is 14.3. The SMILES string of the molecule is CO[C@H]1C[C@@H]2CCC[C@@](O)(O2)C(=O)C(=O)N2CCCC[C@H]2C(=O)O[C@H]([C@H](C)C[C@@H]2CC[C@@H](O)[C@H](C)C2)CC(=O)[C@H](C)/C=C(\C)[C@@H](O)[C@@H](OC)C(=O)[C@H](C)C[C@H](C)/C=C/C=C/C=C/1C. The van der Waals surface area contributed by atoms with Crippen LogP contribution in [0.4, 0.5) is 0 Å². The highest BCUT2D eigenvalue weighted by Gasteiger charge is 2.49. The van der Waals surface area contributed by atoms with Gasteiger partial charge in [-0.05, 0) is 113 Å². The van der Waals surface area contributed by atoms with Crippen molar-refractivity contribution in [3.63, 3.8) is 0 Å². The molecule has 3 fully saturated rings. The van der Waals surface area contributed by atoms with Crippen molar-refractivity contribution >= 4 is 29.2 Å². The third kappa shape index (κ3) is 14.3. The predicted molar refractivity (Wildman–Crippen MR) is 239 cm³/mol. The van der Waals surface area contributed by atoms with Gasteiger partial charge >= 0.3 is 5.97 Å². The van der Waals surface area contributed by atoms with Gasteiger partial charge < -0.3 is 39.2 Å². The van der Waals surface area contributed by atoms with Gasteiger partial charge in [0.15, 0.2) is 5.78 Å². The van der Waals surface area contributed by atoms with Crippen LogP contribution < -0.4 is 0 Å². The number of hydrogen-bond acceptors (Lipinski definition) is 12. The molecule has 0 aromatic carbocycles. The first-order chi connectivity index (χ1) is 29.8. The summed E-state index contributed by atoms with van der Waals surface area (Å²) in [6.07, 6.45) is 12.4. The fourth-order valence-electron chi connectivity index (χ4n) is 9.96. The average Bonchev–Trinajstić information content (AvgIpc) is 3.25. The largest absolute Gasteiger partial charge is 0.460 e. The van der Waals surface area contributed by atoms with E-state index < -0.39 is 71.8 Å². The zero-order valence-corrected chi connectivity index (χ0v) is 39.3. The van der Waals surface area contributed by atoms with E-state index in [9.17, 15) is 39.3 Å². The number of carbonyl (C=O) groups excluding carboxylic acids is 5. The molecule has 14 atom stereocenters. The summed E-state index contributed by atoms with van der Waals surface area (Å²) in [5.41, 5.74) is 1.29. The minimum Gasteiger partial charge on any atom is -0.460 e. The first kappa shape index (κ1) is 52.3. The number of amides is 1. The summed E-state index contributed by atoms with van der Waals surface area (Å²) in [5.74, 6) is -6.78. The molecule has 2 bridgehead atoms. The van der Waals surface area contributed by atoms with E-state index in [2.05, 4.69) is 0 Å². The average molecular weight is 884 g/mol. The molecule has 63 heavy (non-hydrogen) atoms. The lowest BCUT2D eigenvalue weighted by atomic mass is 9.75. The van der Waals surface area contributed by atoms with Gasteiger partial charge in [-0.3, -0.25) is 19.2 Å². The number of ether oxygens (including phenoxy) is 4. The number of nitrogens with zero attached hydrogens (tertiary/aromatic N) is 1. The van der Waals surface area contributed by atoms with Crippen LogP contribution in [0.2, 0.25) is 0 Å². The molecule has 1 aliphatic carbocycles. The van der Waals surface area contributed by atoms with Gasteiger partial charge in [-0.2, -0.15) is 0 Å². The standard InChI is InChI=1S/C50H77NO12/c1-30-16-11-10-12-17-31(2)42(60-8)28-38-18-15-22-50(59,63-38)47(56)48(57)51-23-14-13-19-39(51)49(58)62-43(34(5)27-37-20-21-40(52)33(4)26-37)29-41(53)32(3)25-36(7)45(55)46(61-9)44(54)35(6)24-30/h10-12,16-17,25,30,32-35,37-40,42-43,45-46,52,55,59H,13-15,18-24,26-29H2,1-9H3/b12-10+,16-11+,31-17+,36-25+/t30-,32-,33-,34-,35-,37-,38+,39+,40-,42+,43+,45-,46+,50-/m1/s1. The first-order valence-corrected chi connectivity index (χ1v) is 23.4. The van der Waals surface area contributed by atoms with E-state index in [-0.39, 0.29) is 67.1 Å². The quantitative estimate of drug-likeness (QED) is 0.154. The molecular weight excluding hydrogens is 807 g/mol. The Hall–Kier alpha value is -3.33. The number of piperidine rings is 1. The van der Waals surface area contributed by atoms with Gasteiger partial charge in [-0.25, -0.2) is 4.79 Å². The number of aliphatic hydroxyl groups excluding tert-OH is 2. The van der Waals surface area contributed by atoms with E-state index in [1.54, 1.807) is 27.0 Å². The highest BCUT2D eigenvalue weighted by molar-refractivity contribution is 6.39. The Balaban J connectivity index is 1.68. The van der Waals surface area contributed by atoms with Crippen molar-refractivity contribution in [3.8, 4) is 0 Å². The molecule has 354 valence electrons. The molecule has 0 aromatic heterocycles. The Morgan fingerprint density at radius 2 is 1.60 bits per heavy atom. The minimum atomic E-state index is -2.38. The molecule has 1 saturated carbocycles. The highest BCUT2D eigenvalue weighted by atomic mass is 16.6. The number of carbonyl (C=O) groups is 5. The molecule has 4 aliphatic rings. The van der Waals surface area contributed by atoms with Crippen molar-refractivity contribution in [2.24, 2.45) is 35.5 Å². The number of rotatable bonds is 5. The van der Waals surface area contributed by atoms with Crippen LogP contribution >= 0.6 is 0 Å². The molecule has 0 radical (unpaired) electrons. The summed E-state index contributed by atoms with van der Waals surface area (Å²) in [5, 5.41) is 33.5. The normalized spacial score (nSPS) is 40.1. The number of ketones is 3. The van der Waals surface area contributed by atoms with E-state index in [4.69, 9.17) is 18.9 Å². The Kier molecular flexibility index (Phi) is 20.1. The second-order valence-electron chi connectivity index (χ2n) is 19.3. The van der Waals surface area contributed by atoms with Crippen molar-refractivity contribution in [1.82, 2.24) is 4.90 Å². The van der Waals surface area contributed by atoms with Crippen molar-refractivity contribution in [1.29, 1.82) is 0 Å². The van der Waals surface area contributed by atoms with Crippen molar-refractivity contribution < 1.29 is 58.2 Å². The number of esters is 1. The fraction of sp³-hybridized carbons (Fsp3) is 0.740. The molecule has 0 unspecified atom stereocenters. The molecule has 1 amide bonds. The third-order valence-corrected chi connectivity index (χ3v) is 14.0. The van der Waals surface area contributed by atoms with Gasteiger partial charge in [0.2, 0.25) is 5.79 Å². The van der Waals surface area contributed by atoms with Gasteiger partial charge in [0, 0.05) is 51.9 Å². The summed E-state index contributed by atoms with van der Waals surface area (Å²) in [6.45, 7) is 13.2. The highest BCUT2D eigenvalue weighted by Crippen LogP contribution is 2.36. The number of allylic oxidation sites excluding steroid dienone is 6. The zero-order valence-electron chi connectivity index (χ0n) is 39.3. The van der Waals surface area contributed by atoms with E-state index in [1.165, 1.54) is 12.0 Å². The number of fused-ring (bicyclic) bond motifs is 3. The molecule has 0 aromatic rings. The zero-order chi connectivity index (χ0) is 46.6. The summed E-state index contributed by atoms with van der Waals surface area (Å²) >= 11 is 0. The van der Waals surface area contributed by atoms with Gasteiger partial charge in [0.25, 0.3) is 11.7 Å². The second-order valence-corrected chi connectivity index (χ2v) is 19.3. The molecule has 3 heterocycles. The smallest absolute Gasteiger partial charge is 0.329 e. The molecule has 0 spiro atoms. The van der Waals surface area contributed by atoms with Crippen molar-refractivity contribution in [2.75, 3.05) is 20.8 Å². The summed E-state index contributed by atoms with van der Waals surface area (Å²) in [6, 6.07) is -1.11. The molecule has 4 rings (SSSR count). The van der Waals surface area contributed by atoms with Crippen molar-refractivity contribution in [3.05, 3.63) is 47.6 Å². The topological polar surface area (TPSA) is 186 Å². The molecule has 13 nitrogen and oxygen atoms in total. The van der Waals surface area contributed by atoms with Gasteiger partial charge in [-0.15, -0.1) is 0 Å². The molecule has 13 heteroatoms. The third-order valence-electron chi connectivity index (χ3n) is 14.0. The lowest BCUT2D eigenvalue weighted by molar-refractivity contribution is -0.245. The van der Waals surface area contributed by atoms with Crippen LogP contribution in [0.25, 0.3) is 0 Å². The summed E-state index contributed by atoms with van der Waals surface area (Å²) in [4.78, 5) is 71.2. The summed E-state index contributed by atoms with van der Waals surface area (Å²) < 4.78 is 23.6. The van der Waals surface area contributed by atoms with Crippen LogP contribution in [0, 0.1) is 35.5 Å². The van der Waals surface area contributed by atoms with Crippen LogP contribution in [0.5, 0.6) is 0 Å². The first-order valence-electron chi connectivity index (χ1n) is 23.4. The summed E-state index contributed by atoms with van der Waals surface area (Å²) in [7, 11) is 2.96. The number of hydrogen-bond donors (Lipinski definition) is 3. The van der Waals surface area contributed by atoms with Crippen LogP contribution in [0.3, 0.4) is 0 Å². The maximum Gasteiger partial charge on any atom is 0.329 e. The Labute approximate surface area is 375 Å². The lowest BCUT2D eigenvalue weighted by Gasteiger charge is -2.40. The molecule has 3 aliphatic heterocycles. The van der Waals surface area contributed by atoms with Gasteiger partial charge in [0.1, 0.15) is 30.1 Å². The van der Waals surface area contributed by atoms with Crippen molar-refractivity contribution in [2.45, 2.75) is 180 Å². The number of cyclic esters (lactones) is 1. The fourth-order valence-corrected chi connectivity index (χ4v) is 9.96. The second kappa shape index (κ2) is 24.3. The predicted octanol–water partition coefficient (Wildman–Crippen LogP) is 6.56. The van der Waals surface area contributed by atoms with Crippen LogP contribution in [0.15, 0.2) is 47.6 Å². The maximum absolute atomic E-state index is 14.3. The number of aliphatic hydroxyl groups is 3. The van der Waals surface area contributed by atoms with E-state index in [0.717, 1.165) is 18.4 Å². The number of methoxy groups -OCH3 is 2. The minimum absolute atomic E-state index is 0.0282. The number of Topliss-reactive ketones (excluding diaryl/α,β-unsaturated/α-hetero) is 3. The monoisotopic (exact) mass is 884 g/mol. The Bertz CT molecular complexity index is 1700. The van der Waals surface area contributed by atoms with Gasteiger partial charge in [-0.1, -0.05) is 71.1 Å². The van der Waals surface area contributed by atoms with E-state index in [1.807, 2.05) is 65.0 Å². The van der Waals surface area contributed by atoms with E-state index >= 15 is 0 Å². The Morgan fingerprint density at radius 3 is 2.29 bits per heavy atom. The molecule has 2 saturated heterocycles.